The summed E-state index contributed by atoms with van der Waals surface area (Å²) in [5.41, 5.74) is 0.907. The molecule has 2 atom stereocenters. The van der Waals surface area contributed by atoms with Gasteiger partial charge in [0.05, 0.1) is 6.61 Å². The molecule has 0 heterocycles. The van der Waals surface area contributed by atoms with Gasteiger partial charge in [-0.15, -0.1) is 6.58 Å². The van der Waals surface area contributed by atoms with E-state index < -0.39 is 8.07 Å². The highest BCUT2D eigenvalue weighted by Gasteiger charge is 2.26. The quantitative estimate of drug-likeness (QED) is 0.304. The first-order chi connectivity index (χ1) is 9.37. The molecule has 2 nitrogen and oxygen atoms in total. The summed E-state index contributed by atoms with van der Waals surface area (Å²) < 4.78 is 5.25. The Morgan fingerprint density at radius 1 is 1.25 bits per heavy atom. The van der Waals surface area contributed by atoms with E-state index in [1.54, 1.807) is 0 Å². The van der Waals surface area contributed by atoms with Crippen LogP contribution in [0.4, 0.5) is 0 Å². The van der Waals surface area contributed by atoms with E-state index in [9.17, 15) is 4.79 Å². The van der Waals surface area contributed by atoms with Crippen LogP contribution in [0.1, 0.15) is 32.6 Å². The lowest BCUT2D eigenvalue weighted by molar-refractivity contribution is -0.138. The average Bonchev–Trinajstić information content (AvgIpc) is 2.37. The molecule has 1 aliphatic carbocycles. The molecule has 0 aliphatic heterocycles. The summed E-state index contributed by atoms with van der Waals surface area (Å²) in [6.45, 7) is 13.2. The van der Waals surface area contributed by atoms with Crippen LogP contribution >= 0.6 is 0 Å². The van der Waals surface area contributed by atoms with E-state index in [1.165, 1.54) is 25.7 Å². The number of allylic oxidation sites excluding steroid dienone is 2. The van der Waals surface area contributed by atoms with Crippen molar-refractivity contribution in [3.63, 3.8) is 0 Å². The SMILES string of the molecule is C=C[C@H]1CCCC[C@H]1/C=C(/C[Si](C)(C)C)C(=O)OCC. The van der Waals surface area contributed by atoms with Gasteiger partial charge >= 0.3 is 5.97 Å². The van der Waals surface area contributed by atoms with Crippen LogP contribution in [-0.2, 0) is 9.53 Å². The summed E-state index contributed by atoms with van der Waals surface area (Å²) in [4.78, 5) is 12.2. The summed E-state index contributed by atoms with van der Waals surface area (Å²) in [5, 5.41) is 0. The average molecular weight is 295 g/mol. The maximum atomic E-state index is 12.2. The Kier molecular flexibility index (Phi) is 6.73. The molecule has 0 amide bonds. The molecule has 0 spiro atoms. The number of carbonyl (C=O) groups is 1. The van der Waals surface area contributed by atoms with Crippen molar-refractivity contribution in [2.75, 3.05) is 6.61 Å². The van der Waals surface area contributed by atoms with Gasteiger partial charge in [0, 0.05) is 13.6 Å². The maximum absolute atomic E-state index is 12.2. The Bertz CT molecular complexity index is 366. The second-order valence-corrected chi connectivity index (χ2v) is 12.5. The predicted molar refractivity (Wildman–Crippen MR) is 88.5 cm³/mol. The van der Waals surface area contributed by atoms with Crippen molar-refractivity contribution < 1.29 is 9.53 Å². The van der Waals surface area contributed by atoms with Gasteiger partial charge in [-0.2, -0.15) is 0 Å². The smallest absolute Gasteiger partial charge is 0.333 e. The molecule has 1 aliphatic rings. The topological polar surface area (TPSA) is 26.3 Å². The highest BCUT2D eigenvalue weighted by Crippen LogP contribution is 2.33. The predicted octanol–water partition coefficient (Wildman–Crippen LogP) is 4.81. The maximum Gasteiger partial charge on any atom is 0.333 e. The van der Waals surface area contributed by atoms with Gasteiger partial charge in [0.1, 0.15) is 0 Å². The van der Waals surface area contributed by atoms with E-state index in [0.29, 0.717) is 18.4 Å². The van der Waals surface area contributed by atoms with E-state index in [-0.39, 0.29) is 5.97 Å². The van der Waals surface area contributed by atoms with E-state index >= 15 is 0 Å². The fraction of sp³-hybridized carbons (Fsp3) is 0.706. The van der Waals surface area contributed by atoms with Crippen molar-refractivity contribution in [3.8, 4) is 0 Å². The lowest BCUT2D eigenvalue weighted by Crippen LogP contribution is -2.25. The molecule has 0 unspecified atom stereocenters. The normalized spacial score (nSPS) is 24.3. The Balaban J connectivity index is 2.91. The van der Waals surface area contributed by atoms with Crippen LogP contribution in [0, 0.1) is 11.8 Å². The van der Waals surface area contributed by atoms with Crippen LogP contribution < -0.4 is 0 Å². The molecule has 0 saturated heterocycles. The first-order valence-electron chi connectivity index (χ1n) is 7.87. The van der Waals surface area contributed by atoms with Crippen molar-refractivity contribution >= 4 is 14.0 Å². The molecule has 0 aromatic heterocycles. The van der Waals surface area contributed by atoms with Crippen LogP contribution in [0.2, 0.25) is 25.7 Å². The summed E-state index contributed by atoms with van der Waals surface area (Å²) in [6, 6.07) is 0.909. The highest BCUT2D eigenvalue weighted by molar-refractivity contribution is 6.77. The van der Waals surface area contributed by atoms with Crippen molar-refractivity contribution in [2.45, 2.75) is 58.3 Å². The molecule has 0 radical (unpaired) electrons. The Morgan fingerprint density at radius 3 is 2.35 bits per heavy atom. The van der Waals surface area contributed by atoms with Crippen LogP contribution in [0.5, 0.6) is 0 Å². The summed E-state index contributed by atoms with van der Waals surface area (Å²) in [5.74, 6) is 0.884. The van der Waals surface area contributed by atoms with E-state index in [1.807, 2.05) is 6.92 Å². The fourth-order valence-electron chi connectivity index (χ4n) is 2.94. The van der Waals surface area contributed by atoms with E-state index in [0.717, 1.165) is 11.6 Å². The molecule has 1 rings (SSSR count). The fourth-order valence-corrected chi connectivity index (χ4v) is 4.35. The highest BCUT2D eigenvalue weighted by atomic mass is 28.3. The minimum Gasteiger partial charge on any atom is -0.463 e. The number of carbonyl (C=O) groups excluding carboxylic acids is 1. The standard InChI is InChI=1S/C17H30O2Si/c1-6-14-10-8-9-11-15(14)12-16(13-20(3,4)5)17(18)19-7-2/h6,12,14-15H,1,7-11,13H2,2-5H3/b16-12-/t14-,15-/m0/s1. The number of hydrogen-bond acceptors (Lipinski definition) is 2. The lowest BCUT2D eigenvalue weighted by atomic mass is 9.78. The van der Waals surface area contributed by atoms with Gasteiger partial charge in [0.25, 0.3) is 0 Å². The monoisotopic (exact) mass is 294 g/mol. The van der Waals surface area contributed by atoms with Crippen molar-refractivity contribution in [1.29, 1.82) is 0 Å². The first kappa shape index (κ1) is 17.2. The second kappa shape index (κ2) is 7.82. The minimum atomic E-state index is -1.32. The number of hydrogen-bond donors (Lipinski definition) is 0. The third kappa shape index (κ3) is 5.66. The molecule has 3 heteroatoms. The zero-order valence-electron chi connectivity index (χ0n) is 13.6. The van der Waals surface area contributed by atoms with E-state index in [4.69, 9.17) is 4.74 Å². The molecule has 0 bridgehead atoms. The zero-order chi connectivity index (χ0) is 15.2. The molecule has 20 heavy (non-hydrogen) atoms. The molecule has 114 valence electrons. The Labute approximate surface area is 125 Å². The van der Waals surface area contributed by atoms with Gasteiger partial charge in [-0.25, -0.2) is 4.79 Å². The number of esters is 1. The molecule has 0 aromatic carbocycles. The molecule has 0 N–H and O–H groups in total. The lowest BCUT2D eigenvalue weighted by Gasteiger charge is -2.28. The zero-order valence-corrected chi connectivity index (χ0v) is 14.6. The molecule has 1 fully saturated rings. The van der Waals surface area contributed by atoms with E-state index in [2.05, 4.69) is 38.4 Å². The Hall–Kier alpha value is -0.833. The molecule has 1 saturated carbocycles. The number of ether oxygens (including phenoxy) is 1. The van der Waals surface area contributed by atoms with Crippen LogP contribution in [0.3, 0.4) is 0 Å². The van der Waals surface area contributed by atoms with Gasteiger partial charge in [-0.1, -0.05) is 44.6 Å². The second-order valence-electron chi connectivity index (χ2n) is 7.00. The largest absolute Gasteiger partial charge is 0.463 e. The molecular formula is C17H30O2Si. The Morgan fingerprint density at radius 2 is 1.85 bits per heavy atom. The van der Waals surface area contributed by atoms with Crippen molar-refractivity contribution in [3.05, 3.63) is 24.3 Å². The van der Waals surface area contributed by atoms with Crippen molar-refractivity contribution in [2.24, 2.45) is 11.8 Å². The minimum absolute atomic E-state index is 0.108. The third-order valence-electron chi connectivity index (χ3n) is 3.85. The number of rotatable bonds is 6. The van der Waals surface area contributed by atoms with Gasteiger partial charge in [0.15, 0.2) is 0 Å². The summed E-state index contributed by atoms with van der Waals surface area (Å²) in [7, 11) is -1.32. The van der Waals surface area contributed by atoms with Gasteiger partial charge in [-0.3, -0.25) is 0 Å². The van der Waals surface area contributed by atoms with Gasteiger partial charge in [-0.05, 0) is 37.6 Å². The van der Waals surface area contributed by atoms with Crippen LogP contribution in [0.25, 0.3) is 0 Å². The van der Waals surface area contributed by atoms with Crippen LogP contribution in [-0.4, -0.2) is 20.7 Å². The van der Waals surface area contributed by atoms with Crippen LogP contribution in [0.15, 0.2) is 24.3 Å². The third-order valence-corrected chi connectivity index (χ3v) is 5.29. The summed E-state index contributed by atoms with van der Waals surface area (Å²) in [6.07, 6.45) is 9.19. The molecule has 0 aromatic rings. The van der Waals surface area contributed by atoms with Gasteiger partial charge < -0.3 is 4.74 Å². The molecular weight excluding hydrogens is 264 g/mol. The van der Waals surface area contributed by atoms with Gasteiger partial charge in [0.2, 0.25) is 0 Å². The first-order valence-corrected chi connectivity index (χ1v) is 11.6. The van der Waals surface area contributed by atoms with Crippen molar-refractivity contribution in [1.82, 2.24) is 0 Å². The summed E-state index contributed by atoms with van der Waals surface area (Å²) >= 11 is 0.